The van der Waals surface area contributed by atoms with E-state index in [2.05, 4.69) is 46.8 Å². The number of ether oxygens (including phenoxy) is 7. The third-order valence-corrected chi connectivity index (χ3v) is 20.0. The Bertz CT molecular complexity index is 1800. The smallest absolute Gasteiger partial charge is 0.187 e. The van der Waals surface area contributed by atoms with E-state index in [0.29, 0.717) is 25.9 Å². The Morgan fingerprint density at radius 3 is 1.80 bits per heavy atom. The van der Waals surface area contributed by atoms with Crippen molar-refractivity contribution >= 4 is 0 Å². The van der Waals surface area contributed by atoms with E-state index in [1.807, 2.05) is 6.92 Å². The van der Waals surface area contributed by atoms with Crippen LogP contribution in [-0.4, -0.2) is 193 Å². The number of aliphatic hydroxyl groups excluding tert-OH is 11. The van der Waals surface area contributed by atoms with Crippen LogP contribution in [0.3, 0.4) is 0 Å². The van der Waals surface area contributed by atoms with Crippen LogP contribution >= 0.6 is 0 Å². The third kappa shape index (κ3) is 7.01. The fourth-order valence-corrected chi connectivity index (χ4v) is 15.8. The van der Waals surface area contributed by atoms with Crippen molar-refractivity contribution < 1.29 is 89.3 Å². The summed E-state index contributed by atoms with van der Waals surface area (Å²) in [7, 11) is 0. The highest BCUT2D eigenvalue weighted by atomic mass is 16.8. The predicted octanol–water partition coefficient (Wildman–Crippen LogP) is -0.399. The summed E-state index contributed by atoms with van der Waals surface area (Å²) in [6.07, 6.45) is -14.3. The van der Waals surface area contributed by atoms with Crippen molar-refractivity contribution in [2.45, 2.75) is 210 Å². The first kappa shape index (κ1) is 50.0. The Balaban J connectivity index is 1.03. The van der Waals surface area contributed by atoms with Gasteiger partial charge in [0.2, 0.25) is 0 Å². The molecular weight excluding hydrogens is 865 g/mol. The van der Waals surface area contributed by atoms with Crippen molar-refractivity contribution in [2.24, 2.45) is 50.2 Å². The minimum absolute atomic E-state index is 0.0615. The molecule has 9 aliphatic rings. The standard InChI is InChI=1S/C48H78O18/c1-22-30(53)37(65-39-35(58)33(56)31(54)23(18-49)62-39)38(66-40-36(59)34(57)32(55)24(19-50)63-40)41(61-22)64-29-10-11-43(4)25(44(29,5)20-51)8-12-45(6)26(43)9-13-48-27-16-42(2,3)14-15-47(27,21-60-48)28(52)17-46(45,48)7/h9,13,22-41,49-59H,8,10-12,14-21H2,1-7H3/t22-,23-,24-,25-,26-,27+,28+,29+,30+,31-,32-,33+,34+,35-,36-,37+,38-,39+,40+,41+,43+,44+,45-,46+,47-,48+/m1/s1. The highest BCUT2D eigenvalue weighted by molar-refractivity contribution is 5.36. The summed E-state index contributed by atoms with van der Waals surface area (Å²) in [6, 6.07) is 0. The van der Waals surface area contributed by atoms with Gasteiger partial charge >= 0.3 is 0 Å². The Morgan fingerprint density at radius 2 is 1.21 bits per heavy atom. The lowest BCUT2D eigenvalue weighted by Gasteiger charge is -2.73. The topological polar surface area (TPSA) is 287 Å². The van der Waals surface area contributed by atoms with Gasteiger partial charge in [-0.1, -0.05) is 53.7 Å². The maximum Gasteiger partial charge on any atom is 0.187 e. The van der Waals surface area contributed by atoms with Gasteiger partial charge in [0.15, 0.2) is 18.9 Å². The summed E-state index contributed by atoms with van der Waals surface area (Å²) in [5.41, 5.74) is -2.52. The van der Waals surface area contributed by atoms with Gasteiger partial charge in [0.1, 0.15) is 67.1 Å². The molecule has 2 bridgehead atoms. The highest BCUT2D eigenvalue weighted by Crippen LogP contribution is 2.79. The molecule has 4 heterocycles. The second-order valence-corrected chi connectivity index (χ2v) is 23.8. The molecule has 66 heavy (non-hydrogen) atoms. The summed E-state index contributed by atoms with van der Waals surface area (Å²) in [6.45, 7) is 14.1. The first-order valence-corrected chi connectivity index (χ1v) is 24.5. The van der Waals surface area contributed by atoms with Gasteiger partial charge in [-0.3, -0.25) is 0 Å². The van der Waals surface area contributed by atoms with Gasteiger partial charge in [0.25, 0.3) is 0 Å². The minimum atomic E-state index is -1.88. The Kier molecular flexibility index (Phi) is 12.9. The van der Waals surface area contributed by atoms with Gasteiger partial charge < -0.3 is 89.3 Å². The number of aliphatic hydroxyl groups is 11. The van der Waals surface area contributed by atoms with E-state index in [4.69, 9.17) is 33.2 Å². The Morgan fingerprint density at radius 1 is 0.606 bits per heavy atom. The molecule has 0 amide bonds. The summed E-state index contributed by atoms with van der Waals surface area (Å²) in [5.74, 6) is 0.167. The normalized spacial score (nSPS) is 58.8. The third-order valence-electron chi connectivity index (χ3n) is 20.0. The van der Waals surface area contributed by atoms with Crippen molar-refractivity contribution in [2.75, 3.05) is 26.4 Å². The van der Waals surface area contributed by atoms with Gasteiger partial charge in [-0.2, -0.15) is 0 Å². The van der Waals surface area contributed by atoms with Crippen LogP contribution in [0.4, 0.5) is 0 Å². The molecule has 26 atom stereocenters. The van der Waals surface area contributed by atoms with Crippen LogP contribution in [0.25, 0.3) is 0 Å². The van der Waals surface area contributed by atoms with Crippen molar-refractivity contribution in [1.29, 1.82) is 0 Å². The van der Waals surface area contributed by atoms with E-state index in [-0.39, 0.29) is 51.4 Å². The molecule has 0 radical (unpaired) electrons. The predicted molar refractivity (Wildman–Crippen MR) is 229 cm³/mol. The number of hydrogen-bond acceptors (Lipinski definition) is 18. The molecule has 4 saturated heterocycles. The van der Waals surface area contributed by atoms with Crippen molar-refractivity contribution in [3.8, 4) is 0 Å². The molecule has 5 aliphatic carbocycles. The quantitative estimate of drug-likeness (QED) is 0.104. The van der Waals surface area contributed by atoms with Crippen LogP contribution in [0, 0.1) is 50.2 Å². The lowest BCUT2D eigenvalue weighted by atomic mass is 9.32. The molecular formula is C48H78O18. The monoisotopic (exact) mass is 943 g/mol. The minimum Gasteiger partial charge on any atom is -0.396 e. The van der Waals surface area contributed by atoms with Gasteiger partial charge in [-0.25, -0.2) is 0 Å². The zero-order valence-electron chi connectivity index (χ0n) is 39.5. The van der Waals surface area contributed by atoms with Crippen LogP contribution in [0.2, 0.25) is 0 Å². The molecule has 4 aliphatic heterocycles. The molecule has 1 spiro atoms. The molecule has 11 N–H and O–H groups in total. The maximum absolute atomic E-state index is 12.3. The van der Waals surface area contributed by atoms with Gasteiger partial charge in [0, 0.05) is 22.2 Å². The number of allylic oxidation sites excluding steroid dienone is 1. The second kappa shape index (κ2) is 17.1. The molecule has 0 aromatic heterocycles. The number of rotatable bonds is 9. The summed E-state index contributed by atoms with van der Waals surface area (Å²) < 4.78 is 44.4. The van der Waals surface area contributed by atoms with E-state index in [0.717, 1.165) is 32.1 Å². The van der Waals surface area contributed by atoms with Crippen molar-refractivity contribution in [1.82, 2.24) is 0 Å². The Hall–Kier alpha value is -0.980. The molecule has 0 aromatic rings. The van der Waals surface area contributed by atoms with Gasteiger partial charge in [-0.15, -0.1) is 0 Å². The summed E-state index contributed by atoms with van der Waals surface area (Å²) in [5, 5.41) is 120. The maximum atomic E-state index is 12.3. The summed E-state index contributed by atoms with van der Waals surface area (Å²) in [4.78, 5) is 0. The average Bonchev–Trinajstić information content (AvgIpc) is 3.55. The lowest BCUT2D eigenvalue weighted by molar-refractivity contribution is -0.398. The van der Waals surface area contributed by atoms with E-state index in [9.17, 15) is 56.2 Å². The molecule has 18 heteroatoms. The van der Waals surface area contributed by atoms with E-state index in [1.165, 1.54) is 0 Å². The largest absolute Gasteiger partial charge is 0.396 e. The second-order valence-electron chi connectivity index (χ2n) is 23.8. The van der Waals surface area contributed by atoms with Gasteiger partial charge in [0.05, 0.1) is 50.3 Å². The van der Waals surface area contributed by atoms with Crippen LogP contribution in [-0.2, 0) is 33.2 Å². The zero-order chi connectivity index (χ0) is 47.9. The Labute approximate surface area is 387 Å². The molecule has 378 valence electrons. The van der Waals surface area contributed by atoms with Crippen LogP contribution in [0.1, 0.15) is 99.8 Å². The first-order chi connectivity index (χ1) is 30.9. The fourth-order valence-electron chi connectivity index (χ4n) is 15.8. The SMILES string of the molecule is C[C@H]1O[C@@H](O[C@H]2CC[C@@]3(C)[C@@H](CC[C@]4(C)[C@@H]3C=C[C@]35OC[C@@]6(CCC(C)(C)C[C@@H]63)[C@@H](O)C[C@]54C)[C@]2(C)CO)[C@H](O[C@@H]2O[C@H](CO)[C@@H](O)[C@H](O)[C@H]2O)[C@@H](O[C@@H]2O[C@H](CO)[C@@H](O)[C@H](O)[C@H]2O)[C@H]1O. The summed E-state index contributed by atoms with van der Waals surface area (Å²) >= 11 is 0. The van der Waals surface area contributed by atoms with Gasteiger partial charge in [-0.05, 0) is 86.4 Å². The van der Waals surface area contributed by atoms with Crippen molar-refractivity contribution in [3.63, 3.8) is 0 Å². The van der Waals surface area contributed by atoms with Crippen molar-refractivity contribution in [3.05, 3.63) is 12.2 Å². The molecule has 0 aromatic carbocycles. The molecule has 8 fully saturated rings. The van der Waals surface area contributed by atoms with E-state index >= 15 is 0 Å². The molecule has 4 saturated carbocycles. The average molecular weight is 943 g/mol. The molecule has 9 rings (SSSR count). The highest BCUT2D eigenvalue weighted by Gasteiger charge is 2.79. The molecule has 0 unspecified atom stereocenters. The number of hydrogen-bond donors (Lipinski definition) is 11. The fraction of sp³-hybridized carbons (Fsp3) is 0.958. The number of fused-ring (bicyclic) bond motifs is 4. The van der Waals surface area contributed by atoms with Crippen LogP contribution < -0.4 is 0 Å². The zero-order valence-corrected chi connectivity index (χ0v) is 39.5. The van der Waals surface area contributed by atoms with Crippen LogP contribution in [0.15, 0.2) is 12.2 Å². The van der Waals surface area contributed by atoms with E-state index in [1.54, 1.807) is 6.92 Å². The lowest BCUT2D eigenvalue weighted by Crippen LogP contribution is -2.72. The first-order valence-electron chi connectivity index (χ1n) is 24.5. The van der Waals surface area contributed by atoms with E-state index < -0.39 is 129 Å². The molecule has 18 nitrogen and oxygen atoms in total. The van der Waals surface area contributed by atoms with Crippen LogP contribution in [0.5, 0.6) is 0 Å².